The molecule has 0 aliphatic carbocycles. The molecule has 2 rings (SSSR count). The lowest BCUT2D eigenvalue weighted by Crippen LogP contribution is -2.40. The van der Waals surface area contributed by atoms with Crippen LogP contribution in [0.2, 0.25) is 0 Å². The van der Waals surface area contributed by atoms with Crippen molar-refractivity contribution in [3.63, 3.8) is 0 Å². The summed E-state index contributed by atoms with van der Waals surface area (Å²) in [6.45, 7) is 1.69. The topological polar surface area (TPSA) is 75.3 Å². The van der Waals surface area contributed by atoms with E-state index in [2.05, 4.69) is 10.6 Å². The molecule has 0 saturated carbocycles. The molecular weight excluding hydrogens is 272 g/mol. The molecule has 1 fully saturated rings. The Morgan fingerprint density at radius 1 is 1.22 bits per heavy atom. The molecule has 1 aliphatic rings. The van der Waals surface area contributed by atoms with E-state index in [1.54, 1.807) is 19.1 Å². The summed E-state index contributed by atoms with van der Waals surface area (Å²) in [5.74, 6) is -0.250. The highest BCUT2D eigenvalue weighted by atomic mass is 32.2. The number of sulfone groups is 1. The molecule has 1 heterocycles. The SMILES string of the molecule is CC1(c2ccc(S(C)(=O)=O)cc2)NC(=S)NC1=O. The van der Waals surface area contributed by atoms with Crippen molar-refractivity contribution < 1.29 is 13.2 Å². The van der Waals surface area contributed by atoms with Gasteiger partial charge in [0.25, 0.3) is 5.91 Å². The third-order valence-corrected chi connectivity index (χ3v) is 4.24. The van der Waals surface area contributed by atoms with Gasteiger partial charge in [-0.25, -0.2) is 8.42 Å². The first kappa shape index (κ1) is 13.0. The minimum absolute atomic E-state index is 0.218. The molecule has 7 heteroatoms. The fraction of sp³-hybridized carbons (Fsp3) is 0.273. The van der Waals surface area contributed by atoms with Crippen molar-refractivity contribution in [2.24, 2.45) is 0 Å². The monoisotopic (exact) mass is 284 g/mol. The summed E-state index contributed by atoms with van der Waals surface area (Å²) < 4.78 is 22.7. The van der Waals surface area contributed by atoms with Gasteiger partial charge in [0.05, 0.1) is 4.90 Å². The second-order valence-corrected chi connectivity index (χ2v) is 6.75. The van der Waals surface area contributed by atoms with Gasteiger partial charge in [-0.1, -0.05) is 12.1 Å². The Morgan fingerprint density at radius 2 is 1.78 bits per heavy atom. The van der Waals surface area contributed by atoms with Crippen LogP contribution in [0.1, 0.15) is 12.5 Å². The number of nitrogens with one attached hydrogen (secondary N) is 2. The molecular formula is C11H12N2O3S2. The van der Waals surface area contributed by atoms with Crippen molar-refractivity contribution in [2.45, 2.75) is 17.4 Å². The first-order chi connectivity index (χ1) is 8.23. The van der Waals surface area contributed by atoms with Gasteiger partial charge in [0.15, 0.2) is 14.9 Å². The van der Waals surface area contributed by atoms with E-state index in [9.17, 15) is 13.2 Å². The smallest absolute Gasteiger partial charge is 0.256 e. The van der Waals surface area contributed by atoms with E-state index in [4.69, 9.17) is 12.2 Å². The van der Waals surface area contributed by atoms with E-state index in [1.165, 1.54) is 12.1 Å². The zero-order valence-electron chi connectivity index (χ0n) is 9.85. The van der Waals surface area contributed by atoms with Crippen LogP contribution in [0.25, 0.3) is 0 Å². The van der Waals surface area contributed by atoms with Gasteiger partial charge >= 0.3 is 0 Å². The molecule has 96 valence electrons. The van der Waals surface area contributed by atoms with Crippen LogP contribution in [-0.4, -0.2) is 25.7 Å². The molecule has 1 atom stereocenters. The second kappa shape index (κ2) is 4.03. The molecule has 18 heavy (non-hydrogen) atoms. The first-order valence-electron chi connectivity index (χ1n) is 5.18. The summed E-state index contributed by atoms with van der Waals surface area (Å²) in [6, 6.07) is 6.17. The Labute approximate surface area is 110 Å². The Bertz CT molecular complexity index is 622. The number of hydrogen-bond acceptors (Lipinski definition) is 4. The Hall–Kier alpha value is -1.47. The largest absolute Gasteiger partial charge is 0.345 e. The summed E-state index contributed by atoms with van der Waals surface area (Å²) >= 11 is 4.89. The number of benzene rings is 1. The Kier molecular flexibility index (Phi) is 2.90. The van der Waals surface area contributed by atoms with Gasteiger partial charge < -0.3 is 10.6 Å². The van der Waals surface area contributed by atoms with E-state index in [-0.39, 0.29) is 15.9 Å². The molecule has 0 bridgehead atoms. The lowest BCUT2D eigenvalue weighted by molar-refractivity contribution is -0.123. The van der Waals surface area contributed by atoms with Gasteiger partial charge in [-0.3, -0.25) is 4.79 Å². The third-order valence-electron chi connectivity index (χ3n) is 2.90. The van der Waals surface area contributed by atoms with Crippen LogP contribution in [0, 0.1) is 0 Å². The lowest BCUT2D eigenvalue weighted by atomic mass is 9.92. The standard InChI is InChI=1S/C11H12N2O3S2/c1-11(9(14)12-10(17)13-11)7-3-5-8(6-4-7)18(2,15)16/h3-6H,1-2H3,(H2,12,13,14,17). The fourth-order valence-corrected chi connectivity index (χ4v) is 2.71. The number of amides is 1. The number of carbonyl (C=O) groups is 1. The fourth-order valence-electron chi connectivity index (χ4n) is 1.78. The molecule has 1 aromatic rings. The molecule has 0 spiro atoms. The Morgan fingerprint density at radius 3 is 2.17 bits per heavy atom. The van der Waals surface area contributed by atoms with E-state index in [1.807, 2.05) is 0 Å². The normalized spacial score (nSPS) is 23.7. The minimum atomic E-state index is -3.23. The van der Waals surface area contributed by atoms with Gasteiger partial charge in [0.2, 0.25) is 0 Å². The van der Waals surface area contributed by atoms with Crippen LogP contribution in [0.3, 0.4) is 0 Å². The molecule has 1 aromatic carbocycles. The lowest BCUT2D eigenvalue weighted by Gasteiger charge is -2.21. The second-order valence-electron chi connectivity index (χ2n) is 4.33. The van der Waals surface area contributed by atoms with Crippen molar-refractivity contribution in [3.8, 4) is 0 Å². The maximum atomic E-state index is 11.8. The zero-order valence-corrected chi connectivity index (χ0v) is 11.5. The molecule has 5 nitrogen and oxygen atoms in total. The third kappa shape index (κ3) is 2.11. The molecule has 1 aliphatic heterocycles. The van der Waals surface area contributed by atoms with Gasteiger partial charge in [-0.05, 0) is 36.8 Å². The Balaban J connectivity index is 2.42. The molecule has 0 radical (unpaired) electrons. The highest BCUT2D eigenvalue weighted by Gasteiger charge is 2.41. The van der Waals surface area contributed by atoms with Crippen molar-refractivity contribution in [1.82, 2.24) is 10.6 Å². The van der Waals surface area contributed by atoms with Crippen LogP contribution >= 0.6 is 12.2 Å². The van der Waals surface area contributed by atoms with Gasteiger partial charge in [0, 0.05) is 6.26 Å². The molecule has 1 saturated heterocycles. The molecule has 0 aromatic heterocycles. The summed E-state index contributed by atoms with van der Waals surface area (Å²) in [7, 11) is -3.23. The minimum Gasteiger partial charge on any atom is -0.345 e. The van der Waals surface area contributed by atoms with Gasteiger partial charge in [0.1, 0.15) is 5.54 Å². The highest BCUT2D eigenvalue weighted by molar-refractivity contribution is 7.90. The van der Waals surface area contributed by atoms with Gasteiger partial charge in [-0.15, -0.1) is 0 Å². The van der Waals surface area contributed by atoms with E-state index >= 15 is 0 Å². The van der Waals surface area contributed by atoms with Crippen LogP contribution < -0.4 is 10.6 Å². The highest BCUT2D eigenvalue weighted by Crippen LogP contribution is 2.25. The average molecular weight is 284 g/mol. The van der Waals surface area contributed by atoms with Crippen molar-refractivity contribution >= 4 is 33.1 Å². The number of rotatable bonds is 2. The summed E-state index contributed by atoms with van der Waals surface area (Å²) in [4.78, 5) is 12.0. The predicted molar refractivity (Wildman–Crippen MR) is 70.8 cm³/mol. The van der Waals surface area contributed by atoms with Crippen LogP contribution in [0.5, 0.6) is 0 Å². The van der Waals surface area contributed by atoms with Crippen LogP contribution in [0.15, 0.2) is 29.2 Å². The van der Waals surface area contributed by atoms with Crippen molar-refractivity contribution in [1.29, 1.82) is 0 Å². The van der Waals surface area contributed by atoms with Crippen LogP contribution in [0.4, 0.5) is 0 Å². The van der Waals surface area contributed by atoms with E-state index < -0.39 is 15.4 Å². The molecule has 1 unspecified atom stereocenters. The van der Waals surface area contributed by atoms with Gasteiger partial charge in [-0.2, -0.15) is 0 Å². The average Bonchev–Trinajstić information content (AvgIpc) is 2.53. The number of hydrogen-bond donors (Lipinski definition) is 2. The number of carbonyl (C=O) groups excluding carboxylic acids is 1. The summed E-state index contributed by atoms with van der Waals surface area (Å²) in [5.41, 5.74) is -0.292. The van der Waals surface area contributed by atoms with E-state index in [0.29, 0.717) is 5.56 Å². The maximum absolute atomic E-state index is 11.8. The number of thiocarbonyl (C=S) groups is 1. The zero-order chi connectivity index (χ0) is 13.6. The predicted octanol–water partition coefficient (Wildman–Crippen LogP) is 0.310. The maximum Gasteiger partial charge on any atom is 0.256 e. The van der Waals surface area contributed by atoms with Crippen molar-refractivity contribution in [3.05, 3.63) is 29.8 Å². The quantitative estimate of drug-likeness (QED) is 0.765. The van der Waals surface area contributed by atoms with E-state index in [0.717, 1.165) is 6.26 Å². The summed E-state index contributed by atoms with van der Waals surface area (Å²) in [6.07, 6.45) is 1.14. The molecule has 1 amide bonds. The van der Waals surface area contributed by atoms with Crippen LogP contribution in [-0.2, 0) is 20.2 Å². The van der Waals surface area contributed by atoms with Crippen molar-refractivity contribution in [2.75, 3.05) is 6.26 Å². The summed E-state index contributed by atoms with van der Waals surface area (Å²) in [5, 5.41) is 5.66. The molecule has 2 N–H and O–H groups in total. The first-order valence-corrected chi connectivity index (χ1v) is 7.47.